The molecule has 4 rings (SSSR count). The van der Waals surface area contributed by atoms with Crippen LogP contribution in [0.2, 0.25) is 0 Å². The van der Waals surface area contributed by atoms with Gasteiger partial charge < -0.3 is 9.80 Å². The molecule has 3 aromatic rings. The van der Waals surface area contributed by atoms with Crippen LogP contribution in [-0.2, 0) is 13.1 Å². The number of fused-ring (bicyclic) bond motifs is 1. The molecule has 1 aromatic heterocycles. The van der Waals surface area contributed by atoms with Crippen molar-refractivity contribution in [3.63, 3.8) is 0 Å². The van der Waals surface area contributed by atoms with Gasteiger partial charge in [0.05, 0.1) is 5.39 Å². The van der Waals surface area contributed by atoms with Crippen LogP contribution in [0.3, 0.4) is 0 Å². The van der Waals surface area contributed by atoms with Crippen molar-refractivity contribution in [3.05, 3.63) is 70.1 Å². The van der Waals surface area contributed by atoms with E-state index in [-0.39, 0.29) is 11.5 Å². The first-order valence-electron chi connectivity index (χ1n) is 10.7. The zero-order chi connectivity index (χ0) is 21.1. The number of carbonyl (C=O) groups is 1. The van der Waals surface area contributed by atoms with Crippen LogP contribution >= 0.6 is 0 Å². The summed E-state index contributed by atoms with van der Waals surface area (Å²) in [6.07, 6.45) is 3.19. The van der Waals surface area contributed by atoms with E-state index in [2.05, 4.69) is 28.2 Å². The van der Waals surface area contributed by atoms with Gasteiger partial charge in [-0.25, -0.2) is 4.68 Å². The number of hydrogen-bond acceptors (Lipinski definition) is 4. The molecule has 0 atom stereocenters. The highest BCUT2D eigenvalue weighted by Gasteiger charge is 2.22. The van der Waals surface area contributed by atoms with E-state index in [0.29, 0.717) is 29.6 Å². The number of benzene rings is 2. The molecule has 1 amide bonds. The molecule has 0 aliphatic carbocycles. The summed E-state index contributed by atoms with van der Waals surface area (Å²) in [5.41, 5.74) is 2.51. The molecule has 0 unspecified atom stereocenters. The van der Waals surface area contributed by atoms with Gasteiger partial charge >= 0.3 is 0 Å². The topological polar surface area (TPSA) is 58.4 Å². The SMILES string of the molecule is CCCn1nc(C(=O)N(C)Cc2ccccc2N2CCCC2)c2ccccc2c1=O. The van der Waals surface area contributed by atoms with Gasteiger partial charge in [0, 0.05) is 44.3 Å². The van der Waals surface area contributed by atoms with Crippen molar-refractivity contribution in [1.82, 2.24) is 14.7 Å². The number of hydrogen-bond donors (Lipinski definition) is 0. The third-order valence-electron chi connectivity index (χ3n) is 5.70. The lowest BCUT2D eigenvalue weighted by atomic mass is 10.1. The highest BCUT2D eigenvalue weighted by Crippen LogP contribution is 2.26. The van der Waals surface area contributed by atoms with Gasteiger partial charge in [0.2, 0.25) is 0 Å². The maximum absolute atomic E-state index is 13.4. The first-order chi connectivity index (χ1) is 14.6. The van der Waals surface area contributed by atoms with Crippen molar-refractivity contribution in [1.29, 1.82) is 0 Å². The molecule has 1 saturated heterocycles. The number of rotatable bonds is 6. The summed E-state index contributed by atoms with van der Waals surface area (Å²) in [5.74, 6) is -0.174. The quantitative estimate of drug-likeness (QED) is 0.629. The van der Waals surface area contributed by atoms with E-state index < -0.39 is 0 Å². The summed E-state index contributed by atoms with van der Waals surface area (Å²) in [5, 5.41) is 5.60. The standard InChI is InChI=1S/C24H28N4O2/c1-3-14-28-23(29)20-12-6-5-11-19(20)22(25-28)24(30)26(2)17-18-10-4-7-13-21(18)27-15-8-9-16-27/h4-7,10-13H,3,8-9,14-17H2,1-2H3. The van der Waals surface area contributed by atoms with Gasteiger partial charge in [-0.3, -0.25) is 9.59 Å². The molecule has 6 heteroatoms. The van der Waals surface area contributed by atoms with Crippen LogP contribution in [0, 0.1) is 0 Å². The second kappa shape index (κ2) is 8.69. The summed E-state index contributed by atoms with van der Waals surface area (Å²) in [4.78, 5) is 30.2. The molecule has 0 N–H and O–H groups in total. The van der Waals surface area contributed by atoms with Crippen molar-refractivity contribution < 1.29 is 4.79 Å². The number of nitrogens with zero attached hydrogens (tertiary/aromatic N) is 4. The molecule has 156 valence electrons. The van der Waals surface area contributed by atoms with Gasteiger partial charge in [-0.05, 0) is 37.0 Å². The summed E-state index contributed by atoms with van der Waals surface area (Å²) < 4.78 is 1.42. The van der Waals surface area contributed by atoms with E-state index in [0.717, 1.165) is 25.1 Å². The highest BCUT2D eigenvalue weighted by atomic mass is 16.2. The van der Waals surface area contributed by atoms with Gasteiger partial charge in [-0.1, -0.05) is 43.3 Å². The fraction of sp³-hybridized carbons (Fsp3) is 0.375. The van der Waals surface area contributed by atoms with E-state index >= 15 is 0 Å². The van der Waals surface area contributed by atoms with Crippen LogP contribution in [0.5, 0.6) is 0 Å². The molecule has 1 fully saturated rings. The third-order valence-corrected chi connectivity index (χ3v) is 5.70. The maximum Gasteiger partial charge on any atom is 0.274 e. The Kier molecular flexibility index (Phi) is 5.84. The normalized spacial score (nSPS) is 13.7. The lowest BCUT2D eigenvalue weighted by molar-refractivity contribution is 0.0779. The van der Waals surface area contributed by atoms with E-state index in [4.69, 9.17) is 0 Å². The van der Waals surface area contributed by atoms with Gasteiger partial charge in [0.1, 0.15) is 0 Å². The molecular formula is C24H28N4O2. The Balaban J connectivity index is 1.68. The minimum absolute atomic E-state index is 0.147. The number of anilines is 1. The van der Waals surface area contributed by atoms with Crippen LogP contribution in [0.25, 0.3) is 10.8 Å². The molecule has 2 heterocycles. The average Bonchev–Trinajstić information content (AvgIpc) is 3.30. The summed E-state index contributed by atoms with van der Waals surface area (Å²) in [7, 11) is 1.80. The predicted molar refractivity (Wildman–Crippen MR) is 120 cm³/mol. The number of aryl methyl sites for hydroxylation is 1. The Hall–Kier alpha value is -3.15. The monoisotopic (exact) mass is 404 g/mol. The number of carbonyl (C=O) groups excluding carboxylic acids is 1. The molecule has 0 saturated carbocycles. The van der Waals surface area contributed by atoms with Gasteiger partial charge in [0.25, 0.3) is 11.5 Å². The Bertz CT molecular complexity index is 1120. The second-order valence-corrected chi connectivity index (χ2v) is 7.91. The molecular weight excluding hydrogens is 376 g/mol. The second-order valence-electron chi connectivity index (χ2n) is 7.91. The average molecular weight is 405 g/mol. The van der Waals surface area contributed by atoms with Crippen LogP contribution in [0.4, 0.5) is 5.69 Å². The minimum Gasteiger partial charge on any atom is -0.371 e. The lowest BCUT2D eigenvalue weighted by Gasteiger charge is -2.24. The van der Waals surface area contributed by atoms with Gasteiger partial charge in [-0.15, -0.1) is 0 Å². The fourth-order valence-electron chi connectivity index (χ4n) is 4.18. The number of para-hydroxylation sites is 1. The van der Waals surface area contributed by atoms with E-state index in [1.54, 1.807) is 24.1 Å². The number of amides is 1. The van der Waals surface area contributed by atoms with Crippen LogP contribution in [0.1, 0.15) is 42.2 Å². The number of aromatic nitrogens is 2. The zero-order valence-electron chi connectivity index (χ0n) is 17.7. The summed E-state index contributed by atoms with van der Waals surface area (Å²) in [6.45, 7) is 5.10. The Morgan fingerprint density at radius 1 is 1.03 bits per heavy atom. The predicted octanol–water partition coefficient (Wildman–Crippen LogP) is 3.68. The smallest absolute Gasteiger partial charge is 0.274 e. The van der Waals surface area contributed by atoms with Crippen molar-refractivity contribution in [2.24, 2.45) is 0 Å². The Morgan fingerprint density at radius 3 is 2.43 bits per heavy atom. The Morgan fingerprint density at radius 2 is 1.70 bits per heavy atom. The maximum atomic E-state index is 13.4. The van der Waals surface area contributed by atoms with Crippen LogP contribution < -0.4 is 10.5 Å². The zero-order valence-corrected chi connectivity index (χ0v) is 17.7. The molecule has 1 aliphatic heterocycles. The third kappa shape index (κ3) is 3.82. The van der Waals surface area contributed by atoms with Crippen molar-refractivity contribution in [3.8, 4) is 0 Å². The molecule has 6 nitrogen and oxygen atoms in total. The molecule has 1 aliphatic rings. The van der Waals surface area contributed by atoms with Crippen molar-refractivity contribution in [2.75, 3.05) is 25.0 Å². The van der Waals surface area contributed by atoms with Crippen LogP contribution in [-0.4, -0.2) is 40.7 Å². The molecule has 2 aromatic carbocycles. The first-order valence-corrected chi connectivity index (χ1v) is 10.7. The largest absolute Gasteiger partial charge is 0.371 e. The van der Waals surface area contributed by atoms with E-state index in [1.165, 1.54) is 23.2 Å². The fourth-order valence-corrected chi connectivity index (χ4v) is 4.18. The summed E-state index contributed by atoms with van der Waals surface area (Å²) in [6, 6.07) is 15.5. The van der Waals surface area contributed by atoms with Gasteiger partial charge in [-0.2, -0.15) is 5.10 Å². The van der Waals surface area contributed by atoms with Crippen molar-refractivity contribution in [2.45, 2.75) is 39.3 Å². The van der Waals surface area contributed by atoms with Crippen LogP contribution in [0.15, 0.2) is 53.3 Å². The van der Waals surface area contributed by atoms with Gasteiger partial charge in [0.15, 0.2) is 5.69 Å². The minimum atomic E-state index is -0.174. The van der Waals surface area contributed by atoms with Crippen molar-refractivity contribution >= 4 is 22.4 Å². The summed E-state index contributed by atoms with van der Waals surface area (Å²) >= 11 is 0. The lowest BCUT2D eigenvalue weighted by Crippen LogP contribution is -2.32. The Labute approximate surface area is 176 Å². The van der Waals surface area contributed by atoms with E-state index in [9.17, 15) is 9.59 Å². The molecule has 0 radical (unpaired) electrons. The first kappa shape index (κ1) is 20.1. The molecule has 0 bridgehead atoms. The highest BCUT2D eigenvalue weighted by molar-refractivity contribution is 6.04. The molecule has 30 heavy (non-hydrogen) atoms. The molecule has 0 spiro atoms. The van der Waals surface area contributed by atoms with E-state index in [1.807, 2.05) is 25.1 Å².